The van der Waals surface area contributed by atoms with Crippen LogP contribution in [0.15, 0.2) is 24.3 Å². The summed E-state index contributed by atoms with van der Waals surface area (Å²) in [5.74, 6) is 1.54. The van der Waals surface area contributed by atoms with Crippen LogP contribution in [-0.2, 0) is 11.3 Å². The van der Waals surface area contributed by atoms with Gasteiger partial charge in [0.15, 0.2) is 5.82 Å². The Labute approximate surface area is 122 Å². The van der Waals surface area contributed by atoms with Crippen LogP contribution < -0.4 is 10.5 Å². The fraction of sp³-hybridized carbons (Fsp3) is 0.286. The first-order chi connectivity index (χ1) is 9.63. The van der Waals surface area contributed by atoms with Crippen molar-refractivity contribution in [1.29, 1.82) is 0 Å². The molecular weight excluding hydrogens is 278 g/mol. The van der Waals surface area contributed by atoms with Gasteiger partial charge in [-0.25, -0.2) is 9.97 Å². The van der Waals surface area contributed by atoms with Gasteiger partial charge in [0.2, 0.25) is 0 Å². The highest BCUT2D eigenvalue weighted by Crippen LogP contribution is 2.30. The van der Waals surface area contributed by atoms with E-state index in [1.165, 1.54) is 0 Å². The van der Waals surface area contributed by atoms with Crippen molar-refractivity contribution in [2.24, 2.45) is 0 Å². The lowest BCUT2D eigenvalue weighted by molar-refractivity contribution is 0.128. The van der Waals surface area contributed by atoms with Gasteiger partial charge in [0.1, 0.15) is 18.2 Å². The van der Waals surface area contributed by atoms with E-state index in [2.05, 4.69) is 9.97 Å². The van der Waals surface area contributed by atoms with Crippen LogP contribution in [0.5, 0.6) is 5.75 Å². The van der Waals surface area contributed by atoms with E-state index in [9.17, 15) is 0 Å². The number of methoxy groups -OCH3 is 1. The van der Waals surface area contributed by atoms with E-state index < -0.39 is 0 Å². The molecule has 2 aromatic rings. The second-order valence-electron chi connectivity index (χ2n) is 4.08. The van der Waals surface area contributed by atoms with E-state index >= 15 is 0 Å². The van der Waals surface area contributed by atoms with Crippen molar-refractivity contribution in [2.75, 3.05) is 19.5 Å². The average molecular weight is 294 g/mol. The molecule has 0 bridgehead atoms. The van der Waals surface area contributed by atoms with Crippen molar-refractivity contribution in [1.82, 2.24) is 9.97 Å². The first kappa shape index (κ1) is 14.6. The fourth-order valence-electron chi connectivity index (χ4n) is 1.74. The predicted molar refractivity (Wildman–Crippen MR) is 78.8 cm³/mol. The van der Waals surface area contributed by atoms with Crippen molar-refractivity contribution in [3.63, 3.8) is 0 Å². The van der Waals surface area contributed by atoms with Gasteiger partial charge >= 0.3 is 0 Å². The third kappa shape index (κ3) is 3.37. The van der Waals surface area contributed by atoms with Crippen LogP contribution >= 0.6 is 11.6 Å². The van der Waals surface area contributed by atoms with Crippen LogP contribution in [0, 0.1) is 0 Å². The lowest BCUT2D eigenvalue weighted by atomic mass is 10.1. The van der Waals surface area contributed by atoms with Gasteiger partial charge in [-0.05, 0) is 19.1 Å². The van der Waals surface area contributed by atoms with E-state index in [0.29, 0.717) is 41.3 Å². The number of nitrogen functional groups attached to an aromatic ring is 1. The molecule has 0 aliphatic carbocycles. The number of hydrogen-bond acceptors (Lipinski definition) is 5. The number of nitrogens with zero attached hydrogens (tertiary/aromatic N) is 2. The third-order valence-electron chi connectivity index (χ3n) is 2.67. The van der Waals surface area contributed by atoms with Gasteiger partial charge in [0.25, 0.3) is 0 Å². The smallest absolute Gasteiger partial charge is 0.157 e. The summed E-state index contributed by atoms with van der Waals surface area (Å²) in [5, 5.41) is 0.549. The Kier molecular flexibility index (Phi) is 4.76. The highest BCUT2D eigenvalue weighted by molar-refractivity contribution is 6.32. The normalized spacial score (nSPS) is 10.6. The molecule has 2 N–H and O–H groups in total. The van der Waals surface area contributed by atoms with E-state index in [0.717, 1.165) is 5.56 Å². The minimum atomic E-state index is 0.333. The quantitative estimate of drug-likeness (QED) is 0.918. The Bertz CT molecular complexity index is 605. The molecule has 1 heterocycles. The minimum Gasteiger partial charge on any atom is -0.495 e. The maximum Gasteiger partial charge on any atom is 0.157 e. The van der Waals surface area contributed by atoms with E-state index in [1.807, 2.05) is 19.1 Å². The summed E-state index contributed by atoms with van der Waals surface area (Å²) in [7, 11) is 1.57. The highest BCUT2D eigenvalue weighted by Gasteiger charge is 2.08. The van der Waals surface area contributed by atoms with Gasteiger partial charge < -0.3 is 15.2 Å². The van der Waals surface area contributed by atoms with Crippen molar-refractivity contribution >= 4 is 17.4 Å². The molecule has 1 aromatic heterocycles. The first-order valence-electron chi connectivity index (χ1n) is 6.19. The van der Waals surface area contributed by atoms with Crippen LogP contribution in [0.25, 0.3) is 11.3 Å². The Balaban J connectivity index is 2.38. The SMILES string of the molecule is CCOCc1nc(N)cc(-c2ccc(Cl)c(OC)c2)n1. The van der Waals surface area contributed by atoms with E-state index in [1.54, 1.807) is 19.2 Å². The maximum absolute atomic E-state index is 6.01. The van der Waals surface area contributed by atoms with Crippen LogP contribution in [0.3, 0.4) is 0 Å². The minimum absolute atomic E-state index is 0.333. The molecule has 106 valence electrons. The molecule has 5 nitrogen and oxygen atoms in total. The van der Waals surface area contributed by atoms with Crippen LogP contribution in [-0.4, -0.2) is 23.7 Å². The zero-order chi connectivity index (χ0) is 14.5. The molecule has 0 saturated heterocycles. The van der Waals surface area contributed by atoms with Crippen LogP contribution in [0.1, 0.15) is 12.7 Å². The molecule has 0 saturated carbocycles. The van der Waals surface area contributed by atoms with Crippen LogP contribution in [0.4, 0.5) is 5.82 Å². The molecular formula is C14H16ClN3O2. The van der Waals surface area contributed by atoms with Gasteiger partial charge in [-0.15, -0.1) is 0 Å². The lowest BCUT2D eigenvalue weighted by Crippen LogP contribution is -2.03. The summed E-state index contributed by atoms with van der Waals surface area (Å²) in [4.78, 5) is 8.57. The van der Waals surface area contributed by atoms with Gasteiger partial charge in [-0.3, -0.25) is 0 Å². The number of ether oxygens (including phenoxy) is 2. The molecule has 0 amide bonds. The topological polar surface area (TPSA) is 70.3 Å². The third-order valence-corrected chi connectivity index (χ3v) is 2.99. The maximum atomic E-state index is 6.01. The molecule has 0 spiro atoms. The molecule has 1 aromatic carbocycles. The summed E-state index contributed by atoms with van der Waals surface area (Å²) in [6.45, 7) is 2.85. The van der Waals surface area contributed by atoms with Gasteiger partial charge in [-0.1, -0.05) is 17.7 Å². The molecule has 0 aliphatic rings. The summed E-state index contributed by atoms with van der Waals surface area (Å²) < 4.78 is 10.5. The Morgan fingerprint density at radius 3 is 2.75 bits per heavy atom. The van der Waals surface area contributed by atoms with E-state index in [4.69, 9.17) is 26.8 Å². The fourth-order valence-corrected chi connectivity index (χ4v) is 1.94. The predicted octanol–water partition coefficient (Wildman–Crippen LogP) is 2.92. The second kappa shape index (κ2) is 6.54. The van der Waals surface area contributed by atoms with Crippen molar-refractivity contribution in [2.45, 2.75) is 13.5 Å². The Morgan fingerprint density at radius 1 is 1.25 bits per heavy atom. The largest absolute Gasteiger partial charge is 0.495 e. The Hall–Kier alpha value is -1.85. The standard InChI is InChI=1S/C14H16ClN3O2/c1-3-20-8-14-17-11(7-13(16)18-14)9-4-5-10(15)12(6-9)19-2/h4-7H,3,8H2,1-2H3,(H2,16,17,18). The van der Waals surface area contributed by atoms with Crippen molar-refractivity contribution < 1.29 is 9.47 Å². The Morgan fingerprint density at radius 2 is 2.05 bits per heavy atom. The number of nitrogens with two attached hydrogens (primary N) is 1. The summed E-state index contributed by atoms with van der Waals surface area (Å²) in [5.41, 5.74) is 7.37. The summed E-state index contributed by atoms with van der Waals surface area (Å²) in [6, 6.07) is 7.14. The molecule has 2 rings (SSSR count). The van der Waals surface area contributed by atoms with Crippen LogP contribution in [0.2, 0.25) is 5.02 Å². The lowest BCUT2D eigenvalue weighted by Gasteiger charge is -2.08. The zero-order valence-corrected chi connectivity index (χ0v) is 12.1. The van der Waals surface area contributed by atoms with Gasteiger partial charge in [0, 0.05) is 18.2 Å². The number of benzene rings is 1. The molecule has 0 unspecified atom stereocenters. The molecule has 0 aliphatic heterocycles. The second-order valence-corrected chi connectivity index (χ2v) is 4.49. The number of aromatic nitrogens is 2. The molecule has 0 atom stereocenters. The highest BCUT2D eigenvalue weighted by atomic mass is 35.5. The van der Waals surface area contributed by atoms with E-state index in [-0.39, 0.29) is 0 Å². The molecule has 6 heteroatoms. The molecule has 0 fully saturated rings. The first-order valence-corrected chi connectivity index (χ1v) is 6.57. The number of rotatable bonds is 5. The van der Waals surface area contributed by atoms with Crippen molar-refractivity contribution in [3.8, 4) is 17.0 Å². The average Bonchev–Trinajstić information content (AvgIpc) is 2.45. The zero-order valence-electron chi connectivity index (χ0n) is 11.4. The molecule has 0 radical (unpaired) electrons. The monoisotopic (exact) mass is 293 g/mol. The molecule has 20 heavy (non-hydrogen) atoms. The number of halogens is 1. The van der Waals surface area contributed by atoms with Gasteiger partial charge in [-0.2, -0.15) is 0 Å². The number of anilines is 1. The van der Waals surface area contributed by atoms with Gasteiger partial charge in [0.05, 0.1) is 17.8 Å². The summed E-state index contributed by atoms with van der Waals surface area (Å²) in [6.07, 6.45) is 0. The number of hydrogen-bond donors (Lipinski definition) is 1. The summed E-state index contributed by atoms with van der Waals surface area (Å²) >= 11 is 6.01. The van der Waals surface area contributed by atoms with Crippen molar-refractivity contribution in [3.05, 3.63) is 35.1 Å².